The van der Waals surface area contributed by atoms with Crippen molar-refractivity contribution >= 4 is 49.6 Å². The second-order valence-electron chi connectivity index (χ2n) is 17.6. The average molecular weight is 853 g/mol. The molecule has 1 aromatic heterocycles. The number of anilines is 3. The molecule has 0 spiro atoms. The van der Waals surface area contributed by atoms with Gasteiger partial charge in [-0.1, -0.05) is 206 Å². The highest BCUT2D eigenvalue weighted by molar-refractivity contribution is 6.19. The Balaban J connectivity index is 1.14. The van der Waals surface area contributed by atoms with Crippen LogP contribution in [0.4, 0.5) is 17.1 Å². The van der Waals surface area contributed by atoms with Crippen LogP contribution in [0.5, 0.6) is 0 Å². The number of rotatable bonds is 8. The highest BCUT2D eigenvalue weighted by atomic mass is 15.1. The SMILES string of the molecule is c1ccc(-c2ccc(N(c3ccc4c(c3)C(c3ccccc3)(c3ccccc3)c3ccccc3-4)c3ccc4c(c3-c3ccc5ccccc5c3)c3ccccc3n4-c3ccccc3)cc2)cc1. The predicted octanol–water partition coefficient (Wildman–Crippen LogP) is 17.1. The number of fused-ring (bicyclic) bond motifs is 7. The van der Waals surface area contributed by atoms with Crippen LogP contribution >= 0.6 is 0 Å². The van der Waals surface area contributed by atoms with Crippen molar-refractivity contribution in [2.75, 3.05) is 4.90 Å². The van der Waals surface area contributed by atoms with Gasteiger partial charge in [0, 0.05) is 33.4 Å². The molecule has 0 saturated carbocycles. The van der Waals surface area contributed by atoms with Crippen molar-refractivity contribution in [1.82, 2.24) is 4.57 Å². The van der Waals surface area contributed by atoms with E-state index in [1.54, 1.807) is 0 Å². The molecule has 1 aliphatic rings. The summed E-state index contributed by atoms with van der Waals surface area (Å²) in [6.45, 7) is 0. The summed E-state index contributed by atoms with van der Waals surface area (Å²) < 4.78 is 2.43. The Morgan fingerprint density at radius 2 is 0.910 bits per heavy atom. The molecule has 0 amide bonds. The summed E-state index contributed by atoms with van der Waals surface area (Å²) in [6.07, 6.45) is 0. The molecule has 1 heterocycles. The van der Waals surface area contributed by atoms with Gasteiger partial charge in [0.25, 0.3) is 0 Å². The summed E-state index contributed by atoms with van der Waals surface area (Å²) in [5.41, 5.74) is 18.5. The fourth-order valence-electron chi connectivity index (χ4n) is 11.2. The van der Waals surface area contributed by atoms with Gasteiger partial charge in [0.1, 0.15) is 0 Å². The van der Waals surface area contributed by atoms with Crippen LogP contribution in [0.15, 0.2) is 267 Å². The van der Waals surface area contributed by atoms with Crippen LogP contribution in [0.25, 0.3) is 71.6 Å². The van der Waals surface area contributed by atoms with E-state index in [-0.39, 0.29) is 0 Å². The molecule has 0 aliphatic heterocycles. The van der Waals surface area contributed by atoms with Gasteiger partial charge in [-0.3, -0.25) is 0 Å². The molecule has 11 aromatic carbocycles. The van der Waals surface area contributed by atoms with Crippen LogP contribution < -0.4 is 4.90 Å². The van der Waals surface area contributed by atoms with E-state index in [0.29, 0.717) is 0 Å². The summed E-state index contributed by atoms with van der Waals surface area (Å²) in [7, 11) is 0. The minimum absolute atomic E-state index is 0.554. The van der Waals surface area contributed by atoms with E-state index in [1.807, 2.05) is 0 Å². The van der Waals surface area contributed by atoms with Crippen molar-refractivity contribution in [1.29, 1.82) is 0 Å². The van der Waals surface area contributed by atoms with E-state index in [2.05, 4.69) is 276 Å². The third-order valence-corrected chi connectivity index (χ3v) is 14.0. The summed E-state index contributed by atoms with van der Waals surface area (Å²) in [4.78, 5) is 2.51. The monoisotopic (exact) mass is 852 g/mol. The molecule has 67 heavy (non-hydrogen) atoms. The van der Waals surface area contributed by atoms with Crippen LogP contribution in [0.2, 0.25) is 0 Å². The molecular weight excluding hydrogens is 809 g/mol. The van der Waals surface area contributed by atoms with Crippen molar-refractivity contribution in [2.45, 2.75) is 5.41 Å². The molecule has 0 bridgehead atoms. The predicted molar refractivity (Wildman–Crippen MR) is 281 cm³/mol. The lowest BCUT2D eigenvalue weighted by molar-refractivity contribution is 0.768. The molecule has 0 radical (unpaired) electrons. The number of para-hydroxylation sites is 2. The van der Waals surface area contributed by atoms with Crippen molar-refractivity contribution in [3.8, 4) is 39.1 Å². The Morgan fingerprint density at radius 3 is 1.66 bits per heavy atom. The fraction of sp³-hybridized carbons (Fsp3) is 0.0154. The number of aromatic nitrogens is 1. The van der Waals surface area contributed by atoms with Gasteiger partial charge in [0.15, 0.2) is 0 Å². The zero-order valence-corrected chi connectivity index (χ0v) is 36.8. The summed E-state index contributed by atoms with van der Waals surface area (Å²) in [6, 6.07) is 98.3. The molecule has 0 unspecified atom stereocenters. The van der Waals surface area contributed by atoms with Crippen molar-refractivity contribution in [3.63, 3.8) is 0 Å². The molecule has 2 nitrogen and oxygen atoms in total. The molecular formula is C65H44N2. The van der Waals surface area contributed by atoms with E-state index in [4.69, 9.17) is 0 Å². The molecule has 0 atom stereocenters. The highest BCUT2D eigenvalue weighted by Crippen LogP contribution is 2.58. The first kappa shape index (κ1) is 38.7. The van der Waals surface area contributed by atoms with E-state index in [1.165, 1.54) is 77.1 Å². The van der Waals surface area contributed by atoms with Crippen LogP contribution in [0.3, 0.4) is 0 Å². The van der Waals surface area contributed by atoms with Gasteiger partial charge in [-0.25, -0.2) is 0 Å². The van der Waals surface area contributed by atoms with Gasteiger partial charge in [-0.15, -0.1) is 0 Å². The quantitative estimate of drug-likeness (QED) is 0.148. The number of nitrogens with zero attached hydrogens (tertiary/aromatic N) is 2. The van der Waals surface area contributed by atoms with Crippen LogP contribution in [-0.2, 0) is 5.41 Å². The van der Waals surface area contributed by atoms with Gasteiger partial charge < -0.3 is 9.47 Å². The number of hydrogen-bond acceptors (Lipinski definition) is 1. The van der Waals surface area contributed by atoms with E-state index < -0.39 is 5.41 Å². The van der Waals surface area contributed by atoms with Crippen LogP contribution in [-0.4, -0.2) is 4.57 Å². The Hall–Kier alpha value is -8.72. The molecule has 1 aliphatic carbocycles. The molecule has 314 valence electrons. The first-order chi connectivity index (χ1) is 33.3. The summed E-state index contributed by atoms with van der Waals surface area (Å²) >= 11 is 0. The average Bonchev–Trinajstić information content (AvgIpc) is 3.90. The number of benzene rings is 11. The van der Waals surface area contributed by atoms with Gasteiger partial charge in [0.2, 0.25) is 0 Å². The highest BCUT2D eigenvalue weighted by Gasteiger charge is 2.46. The van der Waals surface area contributed by atoms with E-state index >= 15 is 0 Å². The molecule has 0 saturated heterocycles. The standard InChI is InChI=1S/C65H44N2/c1-5-19-45(20-6-1)47-35-37-53(38-36-47)66(54-39-40-56-55-29-15-17-31-58(55)65(59(56)44-54,50-23-7-2-8-24-50)51-25-9-3-10-26-51)61-41-42-62-64(63(61)49-34-33-46-21-13-14-22-48(46)43-49)57-30-16-18-32-60(57)67(62)52-27-11-4-12-28-52/h1-44H. The van der Waals surface area contributed by atoms with Crippen molar-refractivity contribution < 1.29 is 0 Å². The molecule has 13 rings (SSSR count). The summed E-state index contributed by atoms with van der Waals surface area (Å²) in [5, 5.41) is 4.85. The fourth-order valence-corrected chi connectivity index (χ4v) is 11.2. The minimum atomic E-state index is -0.554. The Kier molecular flexibility index (Phi) is 9.11. The largest absolute Gasteiger partial charge is 0.310 e. The van der Waals surface area contributed by atoms with Crippen molar-refractivity contribution in [2.24, 2.45) is 0 Å². The van der Waals surface area contributed by atoms with E-state index in [0.717, 1.165) is 33.8 Å². The lowest BCUT2D eigenvalue weighted by Crippen LogP contribution is -2.28. The zero-order valence-electron chi connectivity index (χ0n) is 36.8. The number of hydrogen-bond donors (Lipinski definition) is 0. The van der Waals surface area contributed by atoms with Crippen LogP contribution in [0.1, 0.15) is 22.3 Å². The Bertz CT molecular complexity index is 3740. The minimum Gasteiger partial charge on any atom is -0.310 e. The molecule has 0 N–H and O–H groups in total. The molecule has 0 fully saturated rings. The smallest absolute Gasteiger partial charge is 0.0714 e. The molecule has 12 aromatic rings. The third-order valence-electron chi connectivity index (χ3n) is 14.0. The maximum atomic E-state index is 2.51. The third kappa shape index (κ3) is 6.11. The maximum absolute atomic E-state index is 2.51. The second-order valence-corrected chi connectivity index (χ2v) is 17.6. The van der Waals surface area contributed by atoms with Crippen LogP contribution in [0, 0.1) is 0 Å². The first-order valence-electron chi connectivity index (χ1n) is 23.2. The zero-order chi connectivity index (χ0) is 44.3. The van der Waals surface area contributed by atoms with E-state index in [9.17, 15) is 0 Å². The summed E-state index contributed by atoms with van der Waals surface area (Å²) in [5.74, 6) is 0. The molecule has 2 heteroatoms. The van der Waals surface area contributed by atoms with Gasteiger partial charge in [0.05, 0.1) is 22.1 Å². The maximum Gasteiger partial charge on any atom is 0.0714 e. The second kappa shape index (κ2) is 15.8. The first-order valence-corrected chi connectivity index (χ1v) is 23.2. The lowest BCUT2D eigenvalue weighted by atomic mass is 9.67. The Morgan fingerprint density at radius 1 is 0.343 bits per heavy atom. The normalized spacial score (nSPS) is 12.6. The van der Waals surface area contributed by atoms with Crippen molar-refractivity contribution in [3.05, 3.63) is 289 Å². The lowest BCUT2D eigenvalue weighted by Gasteiger charge is -2.35. The topological polar surface area (TPSA) is 8.17 Å². The van der Waals surface area contributed by atoms with Gasteiger partial charge in [-0.05, 0) is 122 Å². The Labute approximate surface area is 390 Å². The van der Waals surface area contributed by atoms with Gasteiger partial charge >= 0.3 is 0 Å². The van der Waals surface area contributed by atoms with Gasteiger partial charge in [-0.2, -0.15) is 0 Å².